The van der Waals surface area contributed by atoms with Gasteiger partial charge >= 0.3 is 0 Å². The largest absolute Gasteiger partial charge is 0.466 e. The molecule has 0 aliphatic carbocycles. The summed E-state index contributed by atoms with van der Waals surface area (Å²) in [7, 11) is 0. The van der Waals surface area contributed by atoms with Crippen molar-refractivity contribution in [3.05, 3.63) is 34.9 Å². The molecule has 164 valence electrons. The van der Waals surface area contributed by atoms with E-state index in [1.54, 1.807) is 13.0 Å². The van der Waals surface area contributed by atoms with Crippen LogP contribution in [-0.2, 0) is 4.79 Å². The van der Waals surface area contributed by atoms with Crippen LogP contribution in [-0.4, -0.2) is 46.5 Å². The van der Waals surface area contributed by atoms with Crippen LogP contribution >= 0.6 is 0 Å². The minimum Gasteiger partial charge on any atom is -0.466 e. The van der Waals surface area contributed by atoms with Crippen LogP contribution in [0.15, 0.2) is 21.1 Å². The third-order valence-corrected chi connectivity index (χ3v) is 5.81. The number of aryl methyl sites for hydroxylation is 3. The monoisotopic (exact) mass is 424 g/mol. The lowest BCUT2D eigenvalue weighted by Gasteiger charge is -2.31. The molecule has 0 aromatic carbocycles. The molecule has 3 aromatic heterocycles. The van der Waals surface area contributed by atoms with E-state index in [0.29, 0.717) is 39.7 Å². The molecule has 3 aromatic rings. The highest BCUT2D eigenvalue weighted by Gasteiger charge is 2.23. The standard InChI is InChI=1S/C23H28N4O4/c1-13-6-5-9-27(12-13)20(28)7-8-24-22(29)18-11-19(17-10-14(2)30-16(17)4)25-23-21(18)15(3)26-31-23/h10-11,13H,5-9,12H2,1-4H3,(H,24,29). The van der Waals surface area contributed by atoms with Crippen molar-refractivity contribution in [1.29, 1.82) is 0 Å². The van der Waals surface area contributed by atoms with Gasteiger partial charge in [0.25, 0.3) is 11.6 Å². The first-order chi connectivity index (χ1) is 14.8. The minimum atomic E-state index is -0.280. The molecule has 1 fully saturated rings. The summed E-state index contributed by atoms with van der Waals surface area (Å²) < 4.78 is 11.0. The van der Waals surface area contributed by atoms with E-state index in [4.69, 9.17) is 8.94 Å². The van der Waals surface area contributed by atoms with Crippen LogP contribution in [0.2, 0.25) is 0 Å². The van der Waals surface area contributed by atoms with E-state index in [9.17, 15) is 9.59 Å². The average Bonchev–Trinajstić information content (AvgIpc) is 3.28. The summed E-state index contributed by atoms with van der Waals surface area (Å²) in [5.41, 5.74) is 2.71. The van der Waals surface area contributed by atoms with Crippen molar-refractivity contribution >= 4 is 22.9 Å². The molecule has 0 radical (unpaired) electrons. The Hall–Kier alpha value is -3.16. The number of carbonyl (C=O) groups is 2. The molecule has 1 unspecified atom stereocenters. The minimum absolute atomic E-state index is 0.0815. The Morgan fingerprint density at radius 2 is 2.06 bits per heavy atom. The Morgan fingerprint density at radius 3 is 2.77 bits per heavy atom. The van der Waals surface area contributed by atoms with Gasteiger partial charge in [0.1, 0.15) is 11.5 Å². The van der Waals surface area contributed by atoms with Gasteiger partial charge in [-0.05, 0) is 51.7 Å². The number of rotatable bonds is 5. The van der Waals surface area contributed by atoms with Crippen molar-refractivity contribution in [2.24, 2.45) is 5.92 Å². The topological polar surface area (TPSA) is 101 Å². The number of nitrogens with one attached hydrogen (secondary N) is 1. The van der Waals surface area contributed by atoms with Crippen LogP contribution in [0.4, 0.5) is 0 Å². The number of pyridine rings is 1. The molecule has 1 aliphatic rings. The van der Waals surface area contributed by atoms with Crippen molar-refractivity contribution in [3.63, 3.8) is 0 Å². The maximum absolute atomic E-state index is 13.0. The smallest absolute Gasteiger partial charge is 0.259 e. The summed E-state index contributed by atoms with van der Waals surface area (Å²) >= 11 is 0. The van der Waals surface area contributed by atoms with Crippen LogP contribution in [0.5, 0.6) is 0 Å². The zero-order chi connectivity index (χ0) is 22.1. The Bertz CT molecular complexity index is 1130. The summed E-state index contributed by atoms with van der Waals surface area (Å²) in [6, 6.07) is 3.61. The molecule has 1 N–H and O–H groups in total. The molecule has 8 nitrogen and oxygen atoms in total. The lowest BCUT2D eigenvalue weighted by Crippen LogP contribution is -2.40. The number of amides is 2. The lowest BCUT2D eigenvalue weighted by atomic mass is 10.00. The van der Waals surface area contributed by atoms with Gasteiger partial charge in [0, 0.05) is 31.6 Å². The molecule has 4 rings (SSSR count). The van der Waals surface area contributed by atoms with Gasteiger partial charge in [-0.3, -0.25) is 9.59 Å². The molecule has 1 saturated heterocycles. The third-order valence-electron chi connectivity index (χ3n) is 5.81. The molecule has 1 atom stereocenters. The van der Waals surface area contributed by atoms with Crippen molar-refractivity contribution in [1.82, 2.24) is 20.4 Å². The number of piperidine rings is 1. The number of carbonyl (C=O) groups excluding carboxylic acids is 2. The zero-order valence-corrected chi connectivity index (χ0v) is 18.4. The van der Waals surface area contributed by atoms with E-state index in [1.807, 2.05) is 24.8 Å². The van der Waals surface area contributed by atoms with E-state index >= 15 is 0 Å². The quantitative estimate of drug-likeness (QED) is 0.669. The first kappa shape index (κ1) is 21.1. The van der Waals surface area contributed by atoms with Crippen molar-refractivity contribution in [3.8, 4) is 11.3 Å². The zero-order valence-electron chi connectivity index (χ0n) is 18.4. The second kappa shape index (κ2) is 8.53. The van der Waals surface area contributed by atoms with Crippen molar-refractivity contribution < 1.29 is 18.5 Å². The van der Waals surface area contributed by atoms with E-state index in [1.165, 1.54) is 0 Å². The van der Waals surface area contributed by atoms with Crippen LogP contribution in [0.25, 0.3) is 22.4 Å². The number of aromatic nitrogens is 2. The maximum Gasteiger partial charge on any atom is 0.259 e. The number of hydrogen-bond acceptors (Lipinski definition) is 6. The fraction of sp³-hybridized carbons (Fsp3) is 0.478. The van der Waals surface area contributed by atoms with E-state index in [2.05, 4.69) is 22.4 Å². The normalized spacial score (nSPS) is 16.6. The predicted molar refractivity (Wildman–Crippen MR) is 116 cm³/mol. The molecule has 8 heteroatoms. The fourth-order valence-electron chi connectivity index (χ4n) is 4.25. The Balaban J connectivity index is 1.52. The van der Waals surface area contributed by atoms with Gasteiger partial charge in [-0.1, -0.05) is 12.1 Å². The van der Waals surface area contributed by atoms with Crippen molar-refractivity contribution in [2.75, 3.05) is 19.6 Å². The van der Waals surface area contributed by atoms with Gasteiger partial charge in [-0.25, -0.2) is 4.98 Å². The Kier molecular flexibility index (Phi) is 5.80. The van der Waals surface area contributed by atoms with Gasteiger partial charge in [0.15, 0.2) is 0 Å². The lowest BCUT2D eigenvalue weighted by molar-refractivity contribution is -0.132. The summed E-state index contributed by atoms with van der Waals surface area (Å²) in [5.74, 6) is 1.81. The van der Waals surface area contributed by atoms with Gasteiger partial charge in [-0.2, -0.15) is 0 Å². The van der Waals surface area contributed by atoms with Crippen LogP contribution in [0, 0.1) is 26.7 Å². The van der Waals surface area contributed by atoms with E-state index in [-0.39, 0.29) is 24.8 Å². The SMILES string of the molecule is Cc1cc(-c2cc(C(=O)NCCC(=O)N3CCCC(C)C3)c3c(C)noc3n2)c(C)o1. The summed E-state index contributed by atoms with van der Waals surface area (Å²) in [6.07, 6.45) is 2.48. The molecule has 31 heavy (non-hydrogen) atoms. The second-order valence-electron chi connectivity index (χ2n) is 8.42. The van der Waals surface area contributed by atoms with E-state index < -0.39 is 0 Å². The number of furan rings is 1. The molecular formula is C23H28N4O4. The molecule has 0 saturated carbocycles. The molecule has 1 aliphatic heterocycles. The van der Waals surface area contributed by atoms with Gasteiger partial charge in [-0.15, -0.1) is 0 Å². The number of hydrogen-bond donors (Lipinski definition) is 1. The molecular weight excluding hydrogens is 396 g/mol. The van der Waals surface area contributed by atoms with Crippen LogP contribution < -0.4 is 5.32 Å². The van der Waals surface area contributed by atoms with Crippen molar-refractivity contribution in [2.45, 2.75) is 47.0 Å². The van der Waals surface area contributed by atoms with Crippen LogP contribution in [0.3, 0.4) is 0 Å². The summed E-state index contributed by atoms with van der Waals surface area (Å²) in [4.78, 5) is 32.0. The molecule has 4 heterocycles. The van der Waals surface area contributed by atoms with E-state index in [0.717, 1.165) is 37.3 Å². The van der Waals surface area contributed by atoms with Crippen LogP contribution in [0.1, 0.15) is 53.8 Å². The Morgan fingerprint density at radius 1 is 1.26 bits per heavy atom. The van der Waals surface area contributed by atoms with Gasteiger partial charge < -0.3 is 19.2 Å². The van der Waals surface area contributed by atoms with Gasteiger partial charge in [0.05, 0.1) is 22.3 Å². The second-order valence-corrected chi connectivity index (χ2v) is 8.42. The highest BCUT2D eigenvalue weighted by molar-refractivity contribution is 6.07. The average molecular weight is 425 g/mol. The van der Waals surface area contributed by atoms with Gasteiger partial charge in [0.2, 0.25) is 5.91 Å². The predicted octanol–water partition coefficient (Wildman–Crippen LogP) is 3.79. The Labute approximate surface area is 181 Å². The fourth-order valence-corrected chi connectivity index (χ4v) is 4.25. The first-order valence-corrected chi connectivity index (χ1v) is 10.7. The maximum atomic E-state index is 13.0. The molecule has 0 spiro atoms. The number of likely N-dealkylation sites (tertiary alicyclic amines) is 1. The highest BCUT2D eigenvalue weighted by Crippen LogP contribution is 2.30. The number of nitrogens with zero attached hydrogens (tertiary/aromatic N) is 3. The highest BCUT2D eigenvalue weighted by atomic mass is 16.5. The first-order valence-electron chi connectivity index (χ1n) is 10.7. The molecule has 2 amide bonds. The number of fused-ring (bicyclic) bond motifs is 1. The summed E-state index contributed by atoms with van der Waals surface area (Å²) in [5, 5.41) is 7.44. The molecule has 0 bridgehead atoms. The third kappa shape index (κ3) is 4.33. The summed E-state index contributed by atoms with van der Waals surface area (Å²) in [6.45, 7) is 9.53.